The van der Waals surface area contributed by atoms with Crippen molar-refractivity contribution >= 4 is 34.2 Å². The van der Waals surface area contributed by atoms with Crippen molar-refractivity contribution in [3.8, 4) is 0 Å². The Kier molecular flexibility index (Phi) is 5.30. The first-order valence-electron chi connectivity index (χ1n) is 9.46. The molecule has 0 radical (unpaired) electrons. The van der Waals surface area contributed by atoms with E-state index in [2.05, 4.69) is 20.2 Å². The van der Waals surface area contributed by atoms with E-state index in [0.29, 0.717) is 17.3 Å². The monoisotopic (exact) mass is 382 g/mol. The third-order valence-electron chi connectivity index (χ3n) is 5.06. The molecule has 4 rings (SSSR count). The molecule has 2 aromatic heterocycles. The maximum absolute atomic E-state index is 12.5. The molecule has 3 aromatic rings. The van der Waals surface area contributed by atoms with Crippen LogP contribution in [0.1, 0.15) is 41.7 Å². The number of para-hydroxylation sites is 1. The smallest absolute Gasteiger partial charge is 0.269 e. The normalized spacial score (nSPS) is 14.9. The van der Waals surface area contributed by atoms with Gasteiger partial charge in [0, 0.05) is 36.7 Å². The number of nitrogens with one attached hydrogen (secondary N) is 2. The van der Waals surface area contributed by atoms with Gasteiger partial charge in [0.15, 0.2) is 0 Å². The van der Waals surface area contributed by atoms with Crippen molar-refractivity contribution in [3.63, 3.8) is 0 Å². The zero-order chi connectivity index (χ0) is 18.6. The maximum Gasteiger partial charge on any atom is 0.269 e. The first-order valence-corrected chi connectivity index (χ1v) is 9.84. The molecule has 27 heavy (non-hydrogen) atoms. The van der Waals surface area contributed by atoms with Gasteiger partial charge in [-0.3, -0.25) is 4.79 Å². The molecule has 1 aliphatic rings. The number of pyridine rings is 1. The molecule has 5 nitrogen and oxygen atoms in total. The van der Waals surface area contributed by atoms with Crippen molar-refractivity contribution in [1.82, 2.24) is 15.3 Å². The lowest BCUT2D eigenvalue weighted by atomic mass is 10.2. The molecule has 1 amide bonds. The molecule has 1 saturated heterocycles. The summed E-state index contributed by atoms with van der Waals surface area (Å²) in [6.07, 6.45) is 6.90. The van der Waals surface area contributed by atoms with Crippen LogP contribution in [-0.4, -0.2) is 29.0 Å². The number of rotatable bonds is 4. The highest BCUT2D eigenvalue weighted by Crippen LogP contribution is 2.27. The molecule has 3 heterocycles. The van der Waals surface area contributed by atoms with Crippen LogP contribution in [0.15, 0.2) is 42.6 Å². The highest BCUT2D eigenvalue weighted by molar-refractivity contribution is 6.38. The summed E-state index contributed by atoms with van der Waals surface area (Å²) in [5, 5.41) is 4.23. The van der Waals surface area contributed by atoms with Gasteiger partial charge in [-0.05, 0) is 30.5 Å². The van der Waals surface area contributed by atoms with Gasteiger partial charge < -0.3 is 15.2 Å². The van der Waals surface area contributed by atoms with Crippen LogP contribution in [0.5, 0.6) is 0 Å². The molecule has 0 saturated carbocycles. The number of aromatic nitrogens is 2. The number of aromatic amines is 1. The first-order chi connectivity index (χ1) is 13.2. The molecular formula is C21H23ClN4O. The predicted octanol–water partition coefficient (Wildman–Crippen LogP) is 4.53. The number of carbonyl (C=O) groups excluding carboxylic acids is 1. The minimum Gasteiger partial charge on any atom is -0.357 e. The Hall–Kier alpha value is -2.53. The van der Waals surface area contributed by atoms with Gasteiger partial charge in [-0.1, -0.05) is 48.7 Å². The molecule has 1 aliphatic heterocycles. The number of amides is 1. The number of benzene rings is 1. The second-order valence-corrected chi connectivity index (χ2v) is 7.35. The van der Waals surface area contributed by atoms with Crippen LogP contribution in [0, 0.1) is 0 Å². The van der Waals surface area contributed by atoms with Crippen molar-refractivity contribution in [2.75, 3.05) is 18.0 Å². The Balaban J connectivity index is 1.40. The zero-order valence-electron chi connectivity index (χ0n) is 15.2. The molecular weight excluding hydrogens is 360 g/mol. The van der Waals surface area contributed by atoms with E-state index in [-0.39, 0.29) is 5.91 Å². The fraction of sp³-hybridized carbons (Fsp3) is 0.333. The summed E-state index contributed by atoms with van der Waals surface area (Å²) in [6.45, 7) is 2.56. The third-order valence-corrected chi connectivity index (χ3v) is 5.45. The molecule has 0 unspecified atom stereocenters. The van der Waals surface area contributed by atoms with Crippen LogP contribution in [0.25, 0.3) is 10.9 Å². The van der Waals surface area contributed by atoms with Gasteiger partial charge in [0.1, 0.15) is 11.5 Å². The van der Waals surface area contributed by atoms with Crippen molar-refractivity contribution in [3.05, 3.63) is 58.9 Å². The molecule has 0 atom stereocenters. The van der Waals surface area contributed by atoms with E-state index >= 15 is 0 Å². The van der Waals surface area contributed by atoms with Crippen LogP contribution >= 0.6 is 11.6 Å². The summed E-state index contributed by atoms with van der Waals surface area (Å²) >= 11 is 6.34. The van der Waals surface area contributed by atoms with Gasteiger partial charge in [-0.2, -0.15) is 0 Å². The highest BCUT2D eigenvalue weighted by atomic mass is 35.5. The SMILES string of the molecule is O=C(NCc1ccc(N2CCCCCC2)nc1)c1[nH]c2ccccc2c1Cl. The van der Waals surface area contributed by atoms with E-state index in [4.69, 9.17) is 11.6 Å². The summed E-state index contributed by atoms with van der Waals surface area (Å²) in [5.74, 6) is 0.804. The number of fused-ring (bicyclic) bond motifs is 1. The van der Waals surface area contributed by atoms with Gasteiger partial charge in [0.2, 0.25) is 0 Å². The van der Waals surface area contributed by atoms with Crippen molar-refractivity contribution in [1.29, 1.82) is 0 Å². The molecule has 140 valence electrons. The topological polar surface area (TPSA) is 61.0 Å². The third kappa shape index (κ3) is 3.93. The number of halogens is 1. The average molecular weight is 383 g/mol. The zero-order valence-corrected chi connectivity index (χ0v) is 15.9. The average Bonchev–Trinajstić information content (AvgIpc) is 2.88. The number of anilines is 1. The Morgan fingerprint density at radius 1 is 1.11 bits per heavy atom. The molecule has 2 N–H and O–H groups in total. The number of carbonyl (C=O) groups is 1. The summed E-state index contributed by atoms with van der Waals surface area (Å²) in [5.41, 5.74) is 2.22. The first kappa shape index (κ1) is 17.9. The predicted molar refractivity (Wildman–Crippen MR) is 109 cm³/mol. The minimum atomic E-state index is -0.215. The number of nitrogens with zero attached hydrogens (tertiary/aromatic N) is 2. The summed E-state index contributed by atoms with van der Waals surface area (Å²) < 4.78 is 0. The van der Waals surface area contributed by atoms with Gasteiger partial charge in [-0.15, -0.1) is 0 Å². The van der Waals surface area contributed by atoms with E-state index in [1.165, 1.54) is 25.7 Å². The van der Waals surface area contributed by atoms with Crippen LogP contribution in [-0.2, 0) is 6.54 Å². The van der Waals surface area contributed by atoms with Crippen LogP contribution in [0.4, 0.5) is 5.82 Å². The van der Waals surface area contributed by atoms with E-state index in [1.807, 2.05) is 42.6 Å². The van der Waals surface area contributed by atoms with Crippen LogP contribution < -0.4 is 10.2 Å². The van der Waals surface area contributed by atoms with E-state index in [0.717, 1.165) is 35.4 Å². The summed E-state index contributed by atoms with van der Waals surface area (Å²) in [4.78, 5) is 22.5. The van der Waals surface area contributed by atoms with E-state index in [9.17, 15) is 4.79 Å². The van der Waals surface area contributed by atoms with Gasteiger partial charge in [-0.25, -0.2) is 4.98 Å². The second kappa shape index (κ2) is 8.01. The van der Waals surface area contributed by atoms with Gasteiger partial charge >= 0.3 is 0 Å². The fourth-order valence-electron chi connectivity index (χ4n) is 3.54. The van der Waals surface area contributed by atoms with Gasteiger partial charge in [0.25, 0.3) is 5.91 Å². The van der Waals surface area contributed by atoms with Crippen LogP contribution in [0.3, 0.4) is 0 Å². The largest absolute Gasteiger partial charge is 0.357 e. The van der Waals surface area contributed by atoms with Crippen molar-refractivity contribution in [2.45, 2.75) is 32.2 Å². The Bertz CT molecular complexity index is 927. The Morgan fingerprint density at radius 3 is 2.59 bits per heavy atom. The summed E-state index contributed by atoms with van der Waals surface area (Å²) in [7, 11) is 0. The molecule has 1 fully saturated rings. The molecule has 6 heteroatoms. The molecule has 1 aromatic carbocycles. The maximum atomic E-state index is 12.5. The van der Waals surface area contributed by atoms with Gasteiger partial charge in [0.05, 0.1) is 5.02 Å². The van der Waals surface area contributed by atoms with Crippen LogP contribution in [0.2, 0.25) is 5.02 Å². The fourth-order valence-corrected chi connectivity index (χ4v) is 3.84. The lowest BCUT2D eigenvalue weighted by molar-refractivity contribution is 0.0947. The minimum absolute atomic E-state index is 0.215. The summed E-state index contributed by atoms with van der Waals surface area (Å²) in [6, 6.07) is 11.7. The highest BCUT2D eigenvalue weighted by Gasteiger charge is 2.16. The lowest BCUT2D eigenvalue weighted by Crippen LogP contribution is -2.25. The quantitative estimate of drug-likeness (QED) is 0.697. The number of H-pyrrole nitrogens is 1. The van der Waals surface area contributed by atoms with E-state index in [1.54, 1.807) is 0 Å². The van der Waals surface area contributed by atoms with Crippen molar-refractivity contribution < 1.29 is 4.79 Å². The van der Waals surface area contributed by atoms with E-state index < -0.39 is 0 Å². The Labute approximate surface area is 163 Å². The number of hydrogen-bond donors (Lipinski definition) is 2. The second-order valence-electron chi connectivity index (χ2n) is 6.97. The molecule has 0 aliphatic carbocycles. The molecule has 0 bridgehead atoms. The standard InChI is InChI=1S/C21H23ClN4O/c22-19-16-7-3-4-8-17(16)25-20(19)21(27)24-14-15-9-10-18(23-13-15)26-11-5-1-2-6-12-26/h3-4,7-10,13,25H,1-2,5-6,11-12,14H2,(H,24,27). The number of hydrogen-bond acceptors (Lipinski definition) is 3. The van der Waals surface area contributed by atoms with Crippen molar-refractivity contribution in [2.24, 2.45) is 0 Å². The Morgan fingerprint density at radius 2 is 1.89 bits per heavy atom. The lowest BCUT2D eigenvalue weighted by Gasteiger charge is -2.21. The molecule has 0 spiro atoms.